The van der Waals surface area contributed by atoms with E-state index in [0.29, 0.717) is 5.82 Å². The lowest BCUT2D eigenvalue weighted by Crippen LogP contribution is -2.25. The second kappa shape index (κ2) is 4.74. The lowest BCUT2D eigenvalue weighted by Gasteiger charge is -2.15. The predicted molar refractivity (Wildman–Crippen MR) is 71.7 cm³/mol. The van der Waals surface area contributed by atoms with Crippen molar-refractivity contribution in [3.63, 3.8) is 0 Å². The summed E-state index contributed by atoms with van der Waals surface area (Å²) in [6.07, 6.45) is 5.57. The summed E-state index contributed by atoms with van der Waals surface area (Å²) >= 11 is 0. The van der Waals surface area contributed by atoms with Crippen LogP contribution >= 0.6 is 0 Å². The molecule has 100 valence electrons. The summed E-state index contributed by atoms with van der Waals surface area (Å²) in [7, 11) is 0. The predicted octanol–water partition coefficient (Wildman–Crippen LogP) is 1.94. The summed E-state index contributed by atoms with van der Waals surface area (Å²) < 4.78 is 5.48. The van der Waals surface area contributed by atoms with Gasteiger partial charge >= 0.3 is 0 Å². The average molecular weight is 258 g/mol. The third-order valence-electron chi connectivity index (χ3n) is 3.84. The molecule has 0 amide bonds. The first-order valence-electron chi connectivity index (χ1n) is 6.71. The Bertz CT molecular complexity index is 572. The molecule has 1 unspecified atom stereocenters. The first-order chi connectivity index (χ1) is 9.23. The van der Waals surface area contributed by atoms with Crippen molar-refractivity contribution >= 4 is 0 Å². The van der Waals surface area contributed by atoms with E-state index in [1.54, 1.807) is 6.20 Å². The molecule has 0 spiro atoms. The lowest BCUT2D eigenvalue weighted by molar-refractivity contribution is 0.306. The molecule has 0 aliphatic carbocycles. The Kier molecular flexibility index (Phi) is 3.06. The van der Waals surface area contributed by atoms with E-state index in [0.717, 1.165) is 42.9 Å². The molecule has 19 heavy (non-hydrogen) atoms. The van der Waals surface area contributed by atoms with Crippen molar-refractivity contribution in [3.05, 3.63) is 29.9 Å². The van der Waals surface area contributed by atoms with E-state index in [2.05, 4.69) is 34.3 Å². The van der Waals surface area contributed by atoms with Gasteiger partial charge in [0, 0.05) is 24.5 Å². The maximum absolute atomic E-state index is 5.48. The maximum atomic E-state index is 5.48. The van der Waals surface area contributed by atoms with Crippen molar-refractivity contribution < 1.29 is 4.52 Å². The van der Waals surface area contributed by atoms with Crippen LogP contribution in [0.3, 0.4) is 0 Å². The van der Waals surface area contributed by atoms with Crippen LogP contribution in [0.15, 0.2) is 23.0 Å². The van der Waals surface area contributed by atoms with Gasteiger partial charge in [0.15, 0.2) is 0 Å². The zero-order valence-electron chi connectivity index (χ0n) is 11.3. The van der Waals surface area contributed by atoms with Gasteiger partial charge in [-0.05, 0) is 37.9 Å². The van der Waals surface area contributed by atoms with Crippen LogP contribution in [0.25, 0.3) is 11.4 Å². The Morgan fingerprint density at radius 3 is 3.11 bits per heavy atom. The largest absolute Gasteiger partial charge is 0.338 e. The molecule has 3 rings (SSSR count). The van der Waals surface area contributed by atoms with Crippen molar-refractivity contribution in [2.24, 2.45) is 0 Å². The van der Waals surface area contributed by atoms with Crippen LogP contribution in [0.2, 0.25) is 0 Å². The fourth-order valence-corrected chi connectivity index (χ4v) is 2.50. The fourth-order valence-electron chi connectivity index (χ4n) is 2.50. The van der Waals surface area contributed by atoms with Gasteiger partial charge < -0.3 is 9.84 Å². The molecule has 1 atom stereocenters. The Balaban J connectivity index is 1.97. The average Bonchev–Trinajstić information content (AvgIpc) is 3.08. The topological polar surface area (TPSA) is 63.8 Å². The van der Waals surface area contributed by atoms with Gasteiger partial charge in [-0.3, -0.25) is 4.98 Å². The molecule has 5 nitrogen and oxygen atoms in total. The highest BCUT2D eigenvalue weighted by Crippen LogP contribution is 2.30. The second-order valence-electron chi connectivity index (χ2n) is 5.30. The molecule has 5 heteroatoms. The van der Waals surface area contributed by atoms with Crippen molar-refractivity contribution in [3.8, 4) is 11.4 Å². The summed E-state index contributed by atoms with van der Waals surface area (Å²) in [5.41, 5.74) is 2.12. The Hall–Kier alpha value is -1.75. The Labute approximate surface area is 112 Å². The SMILES string of the molecule is CCc1cnccc1-c1noc(C2(C)CCNC2)n1. The van der Waals surface area contributed by atoms with Gasteiger partial charge in [0.05, 0.1) is 5.41 Å². The van der Waals surface area contributed by atoms with Gasteiger partial charge in [0.25, 0.3) is 0 Å². The Morgan fingerprint density at radius 1 is 1.47 bits per heavy atom. The number of hydrogen-bond donors (Lipinski definition) is 1. The zero-order chi connectivity index (χ0) is 13.3. The molecule has 0 bridgehead atoms. The van der Waals surface area contributed by atoms with Crippen molar-refractivity contribution in [2.75, 3.05) is 13.1 Å². The van der Waals surface area contributed by atoms with E-state index in [9.17, 15) is 0 Å². The number of pyridine rings is 1. The second-order valence-corrected chi connectivity index (χ2v) is 5.30. The minimum atomic E-state index is -0.0370. The van der Waals surface area contributed by atoms with Crippen LogP contribution in [-0.2, 0) is 11.8 Å². The standard InChI is InChI=1S/C14H18N4O/c1-3-10-8-15-6-4-11(10)12-17-13(19-18-12)14(2)5-7-16-9-14/h4,6,8,16H,3,5,7,9H2,1-2H3. The van der Waals surface area contributed by atoms with Crippen LogP contribution in [0.1, 0.15) is 31.7 Å². The maximum Gasteiger partial charge on any atom is 0.234 e. The normalized spacial score (nSPS) is 22.8. The van der Waals surface area contributed by atoms with Gasteiger partial charge in [-0.25, -0.2) is 0 Å². The van der Waals surface area contributed by atoms with Crippen LogP contribution in [0, 0.1) is 0 Å². The summed E-state index contributed by atoms with van der Waals surface area (Å²) in [5, 5.41) is 7.49. The van der Waals surface area contributed by atoms with Crippen molar-refractivity contribution in [1.82, 2.24) is 20.4 Å². The highest BCUT2D eigenvalue weighted by molar-refractivity contribution is 5.58. The monoisotopic (exact) mass is 258 g/mol. The zero-order valence-corrected chi connectivity index (χ0v) is 11.3. The highest BCUT2D eigenvalue weighted by atomic mass is 16.5. The van der Waals surface area contributed by atoms with E-state index in [-0.39, 0.29) is 5.41 Å². The molecule has 1 N–H and O–H groups in total. The molecule has 1 aliphatic heterocycles. The first-order valence-corrected chi connectivity index (χ1v) is 6.71. The molecular formula is C14H18N4O. The molecule has 1 saturated heterocycles. The number of rotatable bonds is 3. The fraction of sp³-hybridized carbons (Fsp3) is 0.500. The summed E-state index contributed by atoms with van der Waals surface area (Å²) in [6, 6.07) is 1.95. The Morgan fingerprint density at radius 2 is 2.37 bits per heavy atom. The van der Waals surface area contributed by atoms with Crippen LogP contribution in [0.5, 0.6) is 0 Å². The van der Waals surface area contributed by atoms with E-state index < -0.39 is 0 Å². The van der Waals surface area contributed by atoms with Gasteiger partial charge in [-0.1, -0.05) is 12.1 Å². The molecule has 0 saturated carbocycles. The molecule has 2 aromatic rings. The minimum Gasteiger partial charge on any atom is -0.338 e. The van der Waals surface area contributed by atoms with Crippen LogP contribution in [0.4, 0.5) is 0 Å². The van der Waals surface area contributed by atoms with E-state index in [1.165, 1.54) is 0 Å². The molecule has 1 fully saturated rings. The quantitative estimate of drug-likeness (QED) is 0.911. The summed E-state index contributed by atoms with van der Waals surface area (Å²) in [4.78, 5) is 8.74. The first kappa shape index (κ1) is 12.3. The number of aryl methyl sites for hydroxylation is 1. The smallest absolute Gasteiger partial charge is 0.234 e. The third-order valence-corrected chi connectivity index (χ3v) is 3.84. The van der Waals surface area contributed by atoms with Gasteiger partial charge in [0.2, 0.25) is 11.7 Å². The number of aromatic nitrogens is 3. The summed E-state index contributed by atoms with van der Waals surface area (Å²) in [5.74, 6) is 1.40. The lowest BCUT2D eigenvalue weighted by atomic mass is 9.90. The third kappa shape index (κ3) is 2.14. The van der Waals surface area contributed by atoms with Gasteiger partial charge in [-0.2, -0.15) is 4.98 Å². The highest BCUT2D eigenvalue weighted by Gasteiger charge is 2.36. The van der Waals surface area contributed by atoms with Crippen molar-refractivity contribution in [2.45, 2.75) is 32.1 Å². The number of nitrogens with one attached hydrogen (secondary N) is 1. The minimum absolute atomic E-state index is 0.0370. The number of nitrogens with zero attached hydrogens (tertiary/aromatic N) is 3. The molecule has 3 heterocycles. The van der Waals surface area contributed by atoms with Crippen molar-refractivity contribution in [1.29, 1.82) is 0 Å². The molecule has 0 aromatic carbocycles. The molecule has 1 aliphatic rings. The van der Waals surface area contributed by atoms with E-state index in [1.807, 2.05) is 12.3 Å². The van der Waals surface area contributed by atoms with Gasteiger partial charge in [0.1, 0.15) is 0 Å². The summed E-state index contributed by atoms with van der Waals surface area (Å²) in [6.45, 7) is 6.16. The van der Waals surface area contributed by atoms with Crippen LogP contribution in [-0.4, -0.2) is 28.2 Å². The molecule has 2 aromatic heterocycles. The van der Waals surface area contributed by atoms with E-state index >= 15 is 0 Å². The molecular weight excluding hydrogens is 240 g/mol. The molecule has 0 radical (unpaired) electrons. The number of hydrogen-bond acceptors (Lipinski definition) is 5. The van der Waals surface area contributed by atoms with Gasteiger partial charge in [-0.15, -0.1) is 0 Å². The van der Waals surface area contributed by atoms with Crippen LogP contribution < -0.4 is 5.32 Å². The van der Waals surface area contributed by atoms with E-state index in [4.69, 9.17) is 4.52 Å².